The average Bonchev–Trinajstić information content (AvgIpc) is 3.28. The molecule has 0 rings (SSSR count). The Morgan fingerprint density at radius 1 is 0.470 bits per heavy atom. The Labute approximate surface area is 404 Å². The van der Waals surface area contributed by atoms with Crippen molar-refractivity contribution in [3.63, 3.8) is 0 Å². The van der Waals surface area contributed by atoms with Crippen molar-refractivity contribution < 1.29 is 42.9 Å². The molecule has 0 aromatic heterocycles. The van der Waals surface area contributed by atoms with E-state index in [1.165, 1.54) is 64.2 Å². The van der Waals surface area contributed by atoms with Gasteiger partial charge < -0.3 is 33.3 Å². The van der Waals surface area contributed by atoms with Gasteiger partial charge in [0.05, 0.1) is 40.3 Å². The van der Waals surface area contributed by atoms with E-state index in [1.807, 2.05) is 21.1 Å². The van der Waals surface area contributed by atoms with Gasteiger partial charge in [-0.25, -0.2) is 0 Å². The molecule has 0 saturated heterocycles. The Hall–Kier alpha value is -3.53. The number of carbonyl (C=O) groups excluding carboxylic acids is 3. The van der Waals surface area contributed by atoms with Gasteiger partial charge in [0.2, 0.25) is 0 Å². The van der Waals surface area contributed by atoms with Crippen molar-refractivity contribution in [1.29, 1.82) is 0 Å². The standard InChI is InChI=1S/C57H97NO8/c1-6-8-10-12-14-16-18-20-22-24-25-26-27-28-29-30-31-32-34-36-38-40-42-44-46-48-55(60)66-53(52-65-57(56(61)62)63-50-49-58(3,4)5)51-64-54(59)47-45-43-41-39-37-35-33-23-21-19-17-15-13-11-9-7-2/h8,10,14,16-17,19-20,22-23,25-26,28-29,33,53,57H,6-7,9,11-13,15,18,21,24,27,30-32,34-52H2,1-5H3/b10-8-,16-14-,19-17-,22-20-,26-25-,29-28-,33-23-. The van der Waals surface area contributed by atoms with E-state index in [0.29, 0.717) is 17.4 Å². The average molecular weight is 924 g/mol. The molecule has 0 aliphatic carbocycles. The summed E-state index contributed by atoms with van der Waals surface area (Å²) in [7, 11) is 5.90. The van der Waals surface area contributed by atoms with Crippen LogP contribution in [0.3, 0.4) is 0 Å². The monoisotopic (exact) mass is 924 g/mol. The number of unbranched alkanes of at least 4 members (excludes halogenated alkanes) is 18. The van der Waals surface area contributed by atoms with Crippen LogP contribution in [0.1, 0.15) is 200 Å². The van der Waals surface area contributed by atoms with Crippen LogP contribution in [-0.2, 0) is 33.3 Å². The highest BCUT2D eigenvalue weighted by Crippen LogP contribution is 2.14. The number of quaternary nitrogens is 1. The fourth-order valence-corrected chi connectivity index (χ4v) is 6.83. The Morgan fingerprint density at radius 3 is 1.29 bits per heavy atom. The van der Waals surface area contributed by atoms with Crippen molar-refractivity contribution in [3.05, 3.63) is 85.1 Å². The molecule has 0 aromatic carbocycles. The second kappa shape index (κ2) is 47.9. The summed E-state index contributed by atoms with van der Waals surface area (Å²) in [4.78, 5) is 37.2. The van der Waals surface area contributed by atoms with Crippen molar-refractivity contribution in [1.82, 2.24) is 0 Å². The van der Waals surface area contributed by atoms with Crippen molar-refractivity contribution in [2.45, 2.75) is 212 Å². The number of carbonyl (C=O) groups is 3. The third kappa shape index (κ3) is 48.4. The summed E-state index contributed by atoms with van der Waals surface area (Å²) in [5.41, 5.74) is 0. The Morgan fingerprint density at radius 2 is 0.864 bits per heavy atom. The molecule has 0 aliphatic rings. The smallest absolute Gasteiger partial charge is 0.306 e. The molecule has 0 amide bonds. The molecule has 9 nitrogen and oxygen atoms in total. The number of rotatable bonds is 47. The van der Waals surface area contributed by atoms with Gasteiger partial charge >= 0.3 is 11.9 Å². The molecular weight excluding hydrogens is 827 g/mol. The van der Waals surface area contributed by atoms with Crippen LogP contribution < -0.4 is 5.11 Å². The minimum absolute atomic E-state index is 0.140. The number of carboxylic acids is 1. The van der Waals surface area contributed by atoms with Gasteiger partial charge in [0.15, 0.2) is 12.4 Å². The maximum absolute atomic E-state index is 12.8. The summed E-state index contributed by atoms with van der Waals surface area (Å²) in [5.74, 6) is -2.32. The molecule has 378 valence electrons. The molecular formula is C57H97NO8. The predicted octanol–water partition coefficient (Wildman–Crippen LogP) is 13.5. The van der Waals surface area contributed by atoms with Crippen LogP contribution in [0.5, 0.6) is 0 Å². The lowest BCUT2D eigenvalue weighted by atomic mass is 10.1. The maximum atomic E-state index is 12.8. The summed E-state index contributed by atoms with van der Waals surface area (Å²) in [5, 5.41) is 11.7. The van der Waals surface area contributed by atoms with Crippen LogP contribution in [0.25, 0.3) is 0 Å². The van der Waals surface area contributed by atoms with Gasteiger partial charge in [0.25, 0.3) is 0 Å². The number of hydrogen-bond donors (Lipinski definition) is 0. The van der Waals surface area contributed by atoms with Crippen LogP contribution >= 0.6 is 0 Å². The van der Waals surface area contributed by atoms with E-state index in [2.05, 4.69) is 98.9 Å². The highest BCUT2D eigenvalue weighted by molar-refractivity contribution is 5.70. The van der Waals surface area contributed by atoms with Gasteiger partial charge in [-0.2, -0.15) is 0 Å². The topological polar surface area (TPSA) is 111 Å². The highest BCUT2D eigenvalue weighted by atomic mass is 16.7. The van der Waals surface area contributed by atoms with E-state index >= 15 is 0 Å². The van der Waals surface area contributed by atoms with Crippen LogP contribution in [0.15, 0.2) is 85.1 Å². The molecule has 0 saturated carbocycles. The van der Waals surface area contributed by atoms with E-state index in [9.17, 15) is 19.5 Å². The second-order valence-electron chi connectivity index (χ2n) is 18.4. The summed E-state index contributed by atoms with van der Waals surface area (Å²) in [6, 6.07) is 0. The van der Waals surface area contributed by atoms with Crippen molar-refractivity contribution in [2.24, 2.45) is 0 Å². The molecule has 0 radical (unpaired) electrons. The van der Waals surface area contributed by atoms with Crippen LogP contribution in [0, 0.1) is 0 Å². The Balaban J connectivity index is 4.35. The van der Waals surface area contributed by atoms with Crippen LogP contribution in [-0.4, -0.2) is 82.3 Å². The van der Waals surface area contributed by atoms with Gasteiger partial charge in [-0.05, 0) is 89.9 Å². The first kappa shape index (κ1) is 62.5. The molecule has 0 aliphatic heterocycles. The van der Waals surface area contributed by atoms with E-state index in [4.69, 9.17) is 18.9 Å². The Kier molecular flexibility index (Phi) is 45.4. The normalized spacial score (nSPS) is 13.5. The van der Waals surface area contributed by atoms with Crippen LogP contribution in [0.4, 0.5) is 0 Å². The lowest BCUT2D eigenvalue weighted by Gasteiger charge is -2.26. The van der Waals surface area contributed by atoms with E-state index in [-0.39, 0.29) is 38.6 Å². The number of esters is 2. The number of aliphatic carboxylic acids is 1. The molecule has 0 spiro atoms. The number of carboxylic acid groups (broad SMARTS) is 1. The minimum Gasteiger partial charge on any atom is -0.545 e. The van der Waals surface area contributed by atoms with Gasteiger partial charge in [0, 0.05) is 12.8 Å². The maximum Gasteiger partial charge on any atom is 0.306 e. The predicted molar refractivity (Wildman–Crippen MR) is 274 cm³/mol. The first-order valence-corrected chi connectivity index (χ1v) is 26.2. The zero-order valence-electron chi connectivity index (χ0n) is 42.8. The van der Waals surface area contributed by atoms with Gasteiger partial charge in [0.1, 0.15) is 13.2 Å². The van der Waals surface area contributed by atoms with E-state index in [1.54, 1.807) is 0 Å². The highest BCUT2D eigenvalue weighted by Gasteiger charge is 2.21. The lowest BCUT2D eigenvalue weighted by molar-refractivity contribution is -0.870. The summed E-state index contributed by atoms with van der Waals surface area (Å²) >= 11 is 0. The number of ether oxygens (including phenoxy) is 4. The molecule has 66 heavy (non-hydrogen) atoms. The largest absolute Gasteiger partial charge is 0.545 e. The first-order valence-electron chi connectivity index (χ1n) is 26.2. The molecule has 0 heterocycles. The zero-order chi connectivity index (χ0) is 48.4. The van der Waals surface area contributed by atoms with Crippen molar-refractivity contribution in [2.75, 3.05) is 47.5 Å². The van der Waals surface area contributed by atoms with E-state index < -0.39 is 24.3 Å². The van der Waals surface area contributed by atoms with Crippen molar-refractivity contribution >= 4 is 17.9 Å². The Bertz CT molecular complexity index is 1350. The summed E-state index contributed by atoms with van der Waals surface area (Å²) in [6.45, 7) is 4.58. The molecule has 9 heteroatoms. The summed E-state index contributed by atoms with van der Waals surface area (Å²) < 4.78 is 22.6. The van der Waals surface area contributed by atoms with E-state index in [0.717, 1.165) is 103 Å². The number of allylic oxidation sites excluding steroid dienone is 14. The number of likely N-dealkylation sites (N-methyl/N-ethyl adjacent to an activating group) is 1. The summed E-state index contributed by atoms with van der Waals surface area (Å²) in [6.07, 6.45) is 59.0. The van der Waals surface area contributed by atoms with Gasteiger partial charge in [-0.1, -0.05) is 182 Å². The fourth-order valence-electron chi connectivity index (χ4n) is 6.83. The molecule has 0 fully saturated rings. The van der Waals surface area contributed by atoms with Gasteiger partial charge in [-0.15, -0.1) is 0 Å². The molecule has 2 unspecified atom stereocenters. The third-order valence-corrected chi connectivity index (χ3v) is 10.9. The SMILES string of the molecule is CC/C=C\C/C=C\C/C=C\C/C=C\C/C=C\CCCCCCCCCCCC(=O)OC(COC(=O)CCCCCCC/C=C\C/C=C\CCCCCC)COC(OCC[N+](C)(C)C)C(=O)[O-]. The molecule has 0 N–H and O–H groups in total. The quantitative estimate of drug-likeness (QED) is 0.0195. The lowest BCUT2D eigenvalue weighted by Crippen LogP contribution is -2.44. The van der Waals surface area contributed by atoms with Crippen LogP contribution in [0.2, 0.25) is 0 Å². The first-order chi connectivity index (χ1) is 32.1. The molecule has 2 atom stereocenters. The molecule has 0 bridgehead atoms. The minimum atomic E-state index is -1.63. The van der Waals surface area contributed by atoms with Gasteiger partial charge in [-0.3, -0.25) is 9.59 Å². The number of nitrogens with zero attached hydrogens (tertiary/aromatic N) is 1. The molecule has 0 aromatic rings. The number of hydrogen-bond acceptors (Lipinski definition) is 8. The fraction of sp³-hybridized carbons (Fsp3) is 0.702. The zero-order valence-corrected chi connectivity index (χ0v) is 42.8. The second-order valence-corrected chi connectivity index (χ2v) is 18.4. The van der Waals surface area contributed by atoms with Crippen molar-refractivity contribution in [3.8, 4) is 0 Å². The third-order valence-electron chi connectivity index (χ3n) is 10.9.